The van der Waals surface area contributed by atoms with Gasteiger partial charge >= 0.3 is 6.09 Å². The summed E-state index contributed by atoms with van der Waals surface area (Å²) in [6.07, 6.45) is 0.877. The van der Waals surface area contributed by atoms with Gasteiger partial charge < -0.3 is 14.7 Å². The number of likely N-dealkylation sites (tertiary alicyclic amines) is 1. The number of hydrogen-bond donors (Lipinski definition) is 1. The van der Waals surface area contributed by atoms with Crippen LogP contribution in [0.2, 0.25) is 0 Å². The van der Waals surface area contributed by atoms with Gasteiger partial charge in [0.2, 0.25) is 0 Å². The van der Waals surface area contributed by atoms with Gasteiger partial charge in [0.1, 0.15) is 12.4 Å². The maximum absolute atomic E-state index is 11.4. The highest BCUT2D eigenvalue weighted by Gasteiger charge is 2.31. The lowest BCUT2D eigenvalue weighted by Gasteiger charge is -2.24. The van der Waals surface area contributed by atoms with E-state index in [0.717, 1.165) is 29.7 Å². The van der Waals surface area contributed by atoms with Gasteiger partial charge in [-0.2, -0.15) is 0 Å². The molecule has 2 aromatic rings. The molecule has 3 rings (SSSR count). The van der Waals surface area contributed by atoms with Crippen molar-refractivity contribution < 1.29 is 14.6 Å². The van der Waals surface area contributed by atoms with Crippen LogP contribution in [0.5, 0.6) is 5.75 Å². The summed E-state index contributed by atoms with van der Waals surface area (Å²) in [5, 5.41) is 9.33. The molecule has 0 aliphatic carbocycles. The Labute approximate surface area is 130 Å². The molecule has 0 bridgehead atoms. The molecule has 4 nitrogen and oxygen atoms in total. The maximum atomic E-state index is 11.4. The molecule has 1 saturated heterocycles. The summed E-state index contributed by atoms with van der Waals surface area (Å²) in [4.78, 5) is 12.9. The monoisotopic (exact) mass is 297 g/mol. The molecule has 0 spiro atoms. The fraction of sp³-hybridized carbons (Fsp3) is 0.278. The molecule has 114 valence electrons. The van der Waals surface area contributed by atoms with Gasteiger partial charge in [0.15, 0.2) is 0 Å². The number of ether oxygens (including phenoxy) is 1. The minimum atomic E-state index is -0.861. The van der Waals surface area contributed by atoms with E-state index in [1.807, 2.05) is 54.6 Å². The van der Waals surface area contributed by atoms with Crippen LogP contribution in [0.25, 0.3) is 0 Å². The number of amides is 1. The van der Waals surface area contributed by atoms with Crippen molar-refractivity contribution in [2.45, 2.75) is 25.5 Å². The van der Waals surface area contributed by atoms with E-state index in [9.17, 15) is 9.90 Å². The van der Waals surface area contributed by atoms with E-state index < -0.39 is 6.09 Å². The molecule has 4 heteroatoms. The van der Waals surface area contributed by atoms with Crippen LogP contribution >= 0.6 is 0 Å². The first-order valence-electron chi connectivity index (χ1n) is 7.51. The lowest BCUT2D eigenvalue weighted by molar-refractivity contribution is 0.139. The summed E-state index contributed by atoms with van der Waals surface area (Å²) in [6, 6.07) is 17.6. The topological polar surface area (TPSA) is 49.8 Å². The van der Waals surface area contributed by atoms with Gasteiger partial charge in [-0.05, 0) is 24.5 Å². The molecule has 1 aliphatic rings. The molecule has 1 aliphatic heterocycles. The van der Waals surface area contributed by atoms with E-state index in [-0.39, 0.29) is 6.04 Å². The second-order valence-corrected chi connectivity index (χ2v) is 5.45. The van der Waals surface area contributed by atoms with Crippen LogP contribution in [0.4, 0.5) is 4.79 Å². The van der Waals surface area contributed by atoms with Crippen molar-refractivity contribution in [3.05, 3.63) is 65.7 Å². The lowest BCUT2D eigenvalue weighted by atomic mass is 10.0. The second-order valence-electron chi connectivity index (χ2n) is 5.45. The van der Waals surface area contributed by atoms with Crippen LogP contribution in [0.1, 0.15) is 30.0 Å². The van der Waals surface area contributed by atoms with E-state index in [0.29, 0.717) is 13.2 Å². The lowest BCUT2D eigenvalue weighted by Crippen LogP contribution is -2.29. The predicted octanol–water partition coefficient (Wildman–Crippen LogP) is 4.08. The molecule has 0 aromatic heterocycles. The molecule has 1 N–H and O–H groups in total. The summed E-state index contributed by atoms with van der Waals surface area (Å²) < 4.78 is 5.94. The molecule has 0 saturated carbocycles. The van der Waals surface area contributed by atoms with Gasteiger partial charge in [-0.3, -0.25) is 0 Å². The zero-order valence-electron chi connectivity index (χ0n) is 12.3. The smallest absolute Gasteiger partial charge is 0.407 e. The number of para-hydroxylation sites is 1. The van der Waals surface area contributed by atoms with Crippen molar-refractivity contribution in [3.63, 3.8) is 0 Å². The number of carbonyl (C=O) groups is 1. The summed E-state index contributed by atoms with van der Waals surface area (Å²) in [6.45, 7) is 1.07. The first-order valence-corrected chi connectivity index (χ1v) is 7.51. The summed E-state index contributed by atoms with van der Waals surface area (Å²) in [7, 11) is 0. The highest BCUT2D eigenvalue weighted by atomic mass is 16.5. The van der Waals surface area contributed by atoms with Crippen molar-refractivity contribution in [1.82, 2.24) is 4.90 Å². The van der Waals surface area contributed by atoms with Gasteiger partial charge in [-0.1, -0.05) is 48.5 Å². The fourth-order valence-electron chi connectivity index (χ4n) is 2.94. The Balaban J connectivity index is 1.79. The molecule has 1 unspecified atom stereocenters. The van der Waals surface area contributed by atoms with Gasteiger partial charge in [0, 0.05) is 12.1 Å². The Bertz CT molecular complexity index is 642. The molecular weight excluding hydrogens is 278 g/mol. The quantitative estimate of drug-likeness (QED) is 0.925. The van der Waals surface area contributed by atoms with E-state index in [1.54, 1.807) is 0 Å². The van der Waals surface area contributed by atoms with Gasteiger partial charge in [0.25, 0.3) is 0 Å². The van der Waals surface area contributed by atoms with Crippen LogP contribution in [0, 0.1) is 0 Å². The Morgan fingerprint density at radius 1 is 1.14 bits per heavy atom. The van der Waals surface area contributed by atoms with Crippen molar-refractivity contribution >= 4 is 6.09 Å². The molecule has 1 amide bonds. The summed E-state index contributed by atoms with van der Waals surface area (Å²) in [5.74, 6) is 0.768. The van der Waals surface area contributed by atoms with Crippen LogP contribution < -0.4 is 4.74 Å². The van der Waals surface area contributed by atoms with Gasteiger partial charge in [-0.25, -0.2) is 4.79 Å². The first-order chi connectivity index (χ1) is 10.8. The number of rotatable bonds is 4. The minimum absolute atomic E-state index is 0.107. The zero-order valence-corrected chi connectivity index (χ0v) is 12.3. The van der Waals surface area contributed by atoms with E-state index in [1.165, 1.54) is 4.90 Å². The minimum Gasteiger partial charge on any atom is -0.489 e. The van der Waals surface area contributed by atoms with E-state index in [4.69, 9.17) is 4.74 Å². The van der Waals surface area contributed by atoms with Crippen LogP contribution in [-0.2, 0) is 6.61 Å². The summed E-state index contributed by atoms with van der Waals surface area (Å²) in [5.41, 5.74) is 2.05. The second kappa shape index (κ2) is 6.52. The molecule has 1 atom stereocenters. The number of benzene rings is 2. The predicted molar refractivity (Wildman–Crippen MR) is 83.9 cm³/mol. The normalized spacial score (nSPS) is 17.5. The van der Waals surface area contributed by atoms with Crippen molar-refractivity contribution in [3.8, 4) is 5.75 Å². The summed E-state index contributed by atoms with van der Waals surface area (Å²) >= 11 is 0. The van der Waals surface area contributed by atoms with Crippen molar-refractivity contribution in [1.29, 1.82) is 0 Å². The van der Waals surface area contributed by atoms with Crippen molar-refractivity contribution in [2.24, 2.45) is 0 Å². The van der Waals surface area contributed by atoms with Gasteiger partial charge in [-0.15, -0.1) is 0 Å². The molecule has 2 aromatic carbocycles. The molecule has 1 heterocycles. The fourth-order valence-corrected chi connectivity index (χ4v) is 2.94. The third kappa shape index (κ3) is 3.06. The molecular formula is C18H19NO3. The molecule has 0 radical (unpaired) electrons. The highest BCUT2D eigenvalue weighted by Crippen LogP contribution is 2.37. The number of hydrogen-bond acceptors (Lipinski definition) is 2. The van der Waals surface area contributed by atoms with E-state index >= 15 is 0 Å². The Kier molecular flexibility index (Phi) is 4.28. The third-order valence-corrected chi connectivity index (χ3v) is 4.01. The van der Waals surface area contributed by atoms with E-state index in [2.05, 4.69) is 0 Å². The first kappa shape index (κ1) is 14.4. The maximum Gasteiger partial charge on any atom is 0.407 e. The highest BCUT2D eigenvalue weighted by molar-refractivity contribution is 5.66. The number of nitrogens with zero attached hydrogens (tertiary/aromatic N) is 1. The average Bonchev–Trinajstić information content (AvgIpc) is 3.04. The zero-order chi connectivity index (χ0) is 15.4. The largest absolute Gasteiger partial charge is 0.489 e. The van der Waals surface area contributed by atoms with Crippen LogP contribution in [0.15, 0.2) is 54.6 Å². The van der Waals surface area contributed by atoms with Crippen molar-refractivity contribution in [2.75, 3.05) is 6.54 Å². The van der Waals surface area contributed by atoms with Gasteiger partial charge in [0.05, 0.1) is 6.04 Å². The third-order valence-electron chi connectivity index (χ3n) is 4.01. The number of carboxylic acid groups (broad SMARTS) is 1. The van der Waals surface area contributed by atoms with Crippen LogP contribution in [-0.4, -0.2) is 22.6 Å². The molecule has 1 fully saturated rings. The molecule has 22 heavy (non-hydrogen) atoms. The Hall–Kier alpha value is -2.49. The Morgan fingerprint density at radius 3 is 2.64 bits per heavy atom. The standard InChI is InChI=1S/C18H19NO3/c20-18(21)19-12-6-10-16(19)15-9-4-5-11-17(15)22-13-14-7-2-1-3-8-14/h1-5,7-9,11,16H,6,10,12-13H2,(H,20,21). The SMILES string of the molecule is O=C(O)N1CCCC1c1ccccc1OCc1ccccc1. The van der Waals surface area contributed by atoms with Crippen LogP contribution in [0.3, 0.4) is 0 Å². The average molecular weight is 297 g/mol. The Morgan fingerprint density at radius 2 is 1.86 bits per heavy atom.